The van der Waals surface area contributed by atoms with Gasteiger partial charge in [-0.25, -0.2) is 13.2 Å². The van der Waals surface area contributed by atoms with Crippen molar-refractivity contribution in [3.63, 3.8) is 0 Å². The van der Waals surface area contributed by atoms with E-state index < -0.39 is 33.7 Å². The third-order valence-corrected chi connectivity index (χ3v) is 9.79. The second kappa shape index (κ2) is 16.8. The molecule has 1 fully saturated rings. The molecule has 4 rings (SSSR count). The Hall–Kier alpha value is -3.84. The van der Waals surface area contributed by atoms with E-state index in [0.29, 0.717) is 47.8 Å². The lowest BCUT2D eigenvalue weighted by Crippen LogP contribution is -2.46. The summed E-state index contributed by atoms with van der Waals surface area (Å²) in [4.78, 5) is 12.5. The first-order chi connectivity index (χ1) is 22.7. The number of alkyl carbamates (subject to hydrolysis) is 1. The van der Waals surface area contributed by atoms with Gasteiger partial charge in [0.15, 0.2) is 21.3 Å². The Morgan fingerprint density at radius 3 is 2.21 bits per heavy atom. The van der Waals surface area contributed by atoms with Gasteiger partial charge < -0.3 is 38.5 Å². The summed E-state index contributed by atoms with van der Waals surface area (Å²) in [6.45, 7) is 4.68. The quantitative estimate of drug-likeness (QED) is 0.190. The second-order valence-electron chi connectivity index (χ2n) is 11.0. The molecule has 1 heterocycles. The molecule has 0 bridgehead atoms. The van der Waals surface area contributed by atoms with Crippen molar-refractivity contribution in [1.29, 1.82) is 0 Å². The molecule has 3 atom stereocenters. The highest BCUT2D eigenvalue weighted by Crippen LogP contribution is 2.51. The lowest BCUT2D eigenvalue weighted by molar-refractivity contribution is -0.0920. The molecule has 256 valence electrons. The maximum atomic E-state index is 13.7. The van der Waals surface area contributed by atoms with Crippen LogP contribution in [0, 0.1) is 0 Å². The molecule has 0 spiro atoms. The molecule has 11 nitrogen and oxygen atoms in total. The van der Waals surface area contributed by atoms with Crippen molar-refractivity contribution in [2.45, 2.75) is 56.0 Å². The van der Waals surface area contributed by atoms with Crippen LogP contribution in [-0.4, -0.2) is 80.2 Å². The van der Waals surface area contributed by atoms with Gasteiger partial charge in [0, 0.05) is 18.7 Å². The van der Waals surface area contributed by atoms with E-state index >= 15 is 0 Å². The second-order valence-corrected chi connectivity index (χ2v) is 13.0. The van der Waals surface area contributed by atoms with Crippen LogP contribution in [0.4, 0.5) is 4.79 Å². The van der Waals surface area contributed by atoms with Crippen LogP contribution in [-0.2, 0) is 41.0 Å². The van der Waals surface area contributed by atoms with Crippen molar-refractivity contribution in [3.8, 4) is 17.2 Å². The van der Waals surface area contributed by atoms with Crippen molar-refractivity contribution >= 4 is 15.9 Å². The van der Waals surface area contributed by atoms with Crippen molar-refractivity contribution in [1.82, 2.24) is 5.32 Å². The molecule has 1 aliphatic rings. The van der Waals surface area contributed by atoms with Gasteiger partial charge >= 0.3 is 6.09 Å². The molecular weight excluding hydrogens is 626 g/mol. The third kappa shape index (κ3) is 8.18. The molecule has 1 saturated heterocycles. The molecule has 3 unspecified atom stereocenters. The fourth-order valence-corrected chi connectivity index (χ4v) is 7.34. The lowest BCUT2D eigenvalue weighted by Gasteiger charge is -2.38. The molecule has 1 amide bonds. The number of rotatable bonds is 17. The van der Waals surface area contributed by atoms with Crippen LogP contribution in [0.5, 0.6) is 17.2 Å². The van der Waals surface area contributed by atoms with Crippen molar-refractivity contribution in [3.05, 3.63) is 83.4 Å². The highest BCUT2D eigenvalue weighted by Gasteiger charge is 2.56. The highest BCUT2D eigenvalue weighted by molar-refractivity contribution is 7.91. The average Bonchev–Trinajstić information content (AvgIpc) is 3.46. The Balaban J connectivity index is 1.70. The Labute approximate surface area is 277 Å². The minimum atomic E-state index is -3.71. The summed E-state index contributed by atoms with van der Waals surface area (Å²) >= 11 is 0. The normalized spacial score (nSPS) is 19.3. The Morgan fingerprint density at radius 2 is 1.57 bits per heavy atom. The van der Waals surface area contributed by atoms with Gasteiger partial charge in [0.05, 0.1) is 45.2 Å². The van der Waals surface area contributed by atoms with E-state index in [1.807, 2.05) is 44.2 Å². The number of benzene rings is 3. The molecule has 1 aliphatic heterocycles. The summed E-state index contributed by atoms with van der Waals surface area (Å²) in [5, 5.41) is 2.71. The maximum absolute atomic E-state index is 13.7. The van der Waals surface area contributed by atoms with E-state index in [2.05, 4.69) is 5.32 Å². The van der Waals surface area contributed by atoms with E-state index in [1.165, 1.54) is 21.3 Å². The van der Waals surface area contributed by atoms with E-state index in [0.717, 1.165) is 5.56 Å². The number of hydrogen-bond acceptors (Lipinski definition) is 10. The molecule has 0 aromatic heterocycles. The van der Waals surface area contributed by atoms with Crippen LogP contribution in [0.25, 0.3) is 0 Å². The molecule has 12 heteroatoms. The highest BCUT2D eigenvalue weighted by atomic mass is 32.2. The number of methoxy groups -OCH3 is 3. The van der Waals surface area contributed by atoms with E-state index in [1.54, 1.807) is 36.4 Å². The molecule has 47 heavy (non-hydrogen) atoms. The van der Waals surface area contributed by atoms with E-state index in [-0.39, 0.29) is 37.0 Å². The minimum Gasteiger partial charge on any atom is -0.493 e. The SMILES string of the molecule is CCCOC1C(OCCNC(=O)OCc2ccccc2)COC1(c1cc(OC)c(OC)c(OC)c1)c1ccccc1S(=O)(=O)CCC. The zero-order valence-corrected chi connectivity index (χ0v) is 28.5. The molecule has 0 saturated carbocycles. The van der Waals surface area contributed by atoms with Crippen LogP contribution in [0.2, 0.25) is 0 Å². The Bertz CT molecular complexity index is 1540. The van der Waals surface area contributed by atoms with Crippen LogP contribution in [0.1, 0.15) is 43.4 Å². The van der Waals surface area contributed by atoms with Crippen molar-refractivity contribution in [2.75, 3.05) is 53.4 Å². The first kappa shape index (κ1) is 36.0. The van der Waals surface area contributed by atoms with E-state index in [9.17, 15) is 13.2 Å². The molecular formula is C35H45NO10S. The number of carbonyl (C=O) groups is 1. The summed E-state index contributed by atoms with van der Waals surface area (Å²) in [5.41, 5.74) is 0.382. The number of amides is 1. The monoisotopic (exact) mass is 671 g/mol. The molecule has 0 radical (unpaired) electrons. The molecule has 3 aromatic carbocycles. The molecule has 1 N–H and O–H groups in total. The number of hydrogen-bond donors (Lipinski definition) is 1. The van der Waals surface area contributed by atoms with Gasteiger partial charge in [-0.1, -0.05) is 62.4 Å². The van der Waals surface area contributed by atoms with Gasteiger partial charge in [-0.05, 0) is 42.2 Å². The van der Waals surface area contributed by atoms with Gasteiger partial charge in [-0.15, -0.1) is 0 Å². The maximum Gasteiger partial charge on any atom is 0.407 e. The van der Waals surface area contributed by atoms with Crippen molar-refractivity contribution < 1.29 is 46.4 Å². The van der Waals surface area contributed by atoms with Crippen LogP contribution < -0.4 is 19.5 Å². The van der Waals surface area contributed by atoms with Gasteiger partial charge in [0.1, 0.15) is 24.4 Å². The molecule has 3 aromatic rings. The number of carbonyl (C=O) groups excluding carboxylic acids is 1. The van der Waals surface area contributed by atoms with Crippen LogP contribution >= 0.6 is 0 Å². The van der Waals surface area contributed by atoms with E-state index in [4.69, 9.17) is 33.2 Å². The standard InChI is InChI=1S/C35H45NO10S/c1-6-18-44-33-30(43-19-17-36-34(37)45-23-25-13-9-8-10-14-25)24-46-35(33,26-21-28(40-3)32(42-5)29(22-26)41-4)27-15-11-12-16-31(27)47(38,39)20-7-2/h8-16,21-22,30,33H,6-7,17-20,23-24H2,1-5H3,(H,36,37). The number of ether oxygens (including phenoxy) is 7. The van der Waals surface area contributed by atoms with Gasteiger partial charge in [-0.3, -0.25) is 0 Å². The first-order valence-electron chi connectivity index (χ1n) is 15.7. The fourth-order valence-electron chi connectivity index (χ4n) is 5.74. The third-order valence-electron chi connectivity index (χ3n) is 7.82. The molecule has 0 aliphatic carbocycles. The Kier molecular flexibility index (Phi) is 12.9. The summed E-state index contributed by atoms with van der Waals surface area (Å²) < 4.78 is 69.2. The summed E-state index contributed by atoms with van der Waals surface area (Å²) in [6.07, 6.45) is -0.866. The van der Waals surface area contributed by atoms with Crippen molar-refractivity contribution in [2.24, 2.45) is 0 Å². The fraction of sp³-hybridized carbons (Fsp3) is 0.457. The van der Waals surface area contributed by atoms with Crippen LogP contribution in [0.3, 0.4) is 0 Å². The van der Waals surface area contributed by atoms with Crippen LogP contribution in [0.15, 0.2) is 71.6 Å². The Morgan fingerprint density at radius 1 is 0.894 bits per heavy atom. The predicted molar refractivity (Wildman–Crippen MR) is 176 cm³/mol. The smallest absolute Gasteiger partial charge is 0.407 e. The summed E-state index contributed by atoms with van der Waals surface area (Å²) in [7, 11) is 0.823. The number of sulfone groups is 1. The zero-order valence-electron chi connectivity index (χ0n) is 27.7. The topological polar surface area (TPSA) is 128 Å². The number of nitrogens with one attached hydrogen (secondary N) is 1. The first-order valence-corrected chi connectivity index (χ1v) is 17.3. The predicted octanol–water partition coefficient (Wildman–Crippen LogP) is 5.28. The van der Waals surface area contributed by atoms with Gasteiger partial charge in [0.25, 0.3) is 0 Å². The van der Waals surface area contributed by atoms with Gasteiger partial charge in [0.2, 0.25) is 5.75 Å². The zero-order chi connectivity index (χ0) is 33.9. The lowest BCUT2D eigenvalue weighted by atomic mass is 9.80. The summed E-state index contributed by atoms with van der Waals surface area (Å²) in [5.74, 6) is 1.08. The van der Waals surface area contributed by atoms with Gasteiger partial charge in [-0.2, -0.15) is 0 Å². The minimum absolute atomic E-state index is 0.0399. The summed E-state index contributed by atoms with van der Waals surface area (Å²) in [6, 6.07) is 19.7. The largest absolute Gasteiger partial charge is 0.493 e. The average molecular weight is 672 g/mol.